The Labute approximate surface area is 104 Å². The Hall–Kier alpha value is -2.20. The van der Waals surface area contributed by atoms with E-state index in [0.717, 1.165) is 22.4 Å². The lowest BCUT2D eigenvalue weighted by atomic mass is 10.2. The third-order valence-electron chi connectivity index (χ3n) is 2.92. The molecule has 92 valence electrons. The summed E-state index contributed by atoms with van der Waals surface area (Å²) in [6, 6.07) is 11.5. The lowest BCUT2D eigenvalue weighted by molar-refractivity contribution is 0.0986. The van der Waals surface area contributed by atoms with Crippen molar-refractivity contribution in [3.63, 3.8) is 0 Å². The van der Waals surface area contributed by atoms with Crippen LogP contribution in [-0.2, 0) is 7.05 Å². The van der Waals surface area contributed by atoms with Gasteiger partial charge in [-0.05, 0) is 30.3 Å². The van der Waals surface area contributed by atoms with Crippen molar-refractivity contribution < 1.29 is 14.3 Å². The average molecular weight is 243 g/mol. The van der Waals surface area contributed by atoms with Crippen LogP contribution in [0.1, 0.15) is 0 Å². The van der Waals surface area contributed by atoms with Crippen molar-refractivity contribution in [3.05, 3.63) is 42.6 Å². The maximum absolute atomic E-state index is 8.73. The van der Waals surface area contributed by atoms with E-state index in [4.69, 9.17) is 14.3 Å². The largest absolute Gasteiger partial charge is 0.468 e. The minimum Gasteiger partial charge on any atom is -0.468 e. The lowest BCUT2D eigenvalue weighted by Crippen LogP contribution is -1.93. The third kappa shape index (κ3) is 1.76. The first-order valence-electron chi connectivity index (χ1n) is 5.67. The molecule has 0 saturated heterocycles. The molecule has 0 atom stereocenters. The van der Waals surface area contributed by atoms with Crippen LogP contribution < -0.4 is 4.74 Å². The molecule has 4 heteroatoms. The molecular formula is C14H13NO3. The van der Waals surface area contributed by atoms with Gasteiger partial charge in [-0.2, -0.15) is 0 Å². The van der Waals surface area contributed by atoms with Gasteiger partial charge in [0.1, 0.15) is 11.3 Å². The van der Waals surface area contributed by atoms with Crippen LogP contribution in [-0.4, -0.2) is 16.5 Å². The van der Waals surface area contributed by atoms with Gasteiger partial charge in [-0.3, -0.25) is 0 Å². The van der Waals surface area contributed by atoms with Gasteiger partial charge in [-0.15, -0.1) is 0 Å². The molecule has 0 bridgehead atoms. The molecule has 2 heterocycles. The molecule has 0 aliphatic rings. The van der Waals surface area contributed by atoms with Crippen LogP contribution >= 0.6 is 0 Å². The van der Waals surface area contributed by atoms with Crippen molar-refractivity contribution in [3.8, 4) is 17.2 Å². The number of nitrogens with zero attached hydrogens (tertiary/aromatic N) is 1. The lowest BCUT2D eigenvalue weighted by Gasteiger charge is -2.00. The molecule has 0 saturated carbocycles. The molecule has 18 heavy (non-hydrogen) atoms. The van der Waals surface area contributed by atoms with Gasteiger partial charge in [0.2, 0.25) is 0 Å². The predicted octanol–water partition coefficient (Wildman–Crippen LogP) is 2.77. The molecule has 3 aromatic rings. The summed E-state index contributed by atoms with van der Waals surface area (Å²) in [5.41, 5.74) is 1.77. The monoisotopic (exact) mass is 243 g/mol. The first kappa shape index (κ1) is 10.9. The van der Waals surface area contributed by atoms with Crippen molar-refractivity contribution >= 4 is 11.0 Å². The maximum Gasteiger partial charge on any atom is 0.186 e. The van der Waals surface area contributed by atoms with Crippen molar-refractivity contribution in [2.75, 3.05) is 6.79 Å². The summed E-state index contributed by atoms with van der Waals surface area (Å²) < 4.78 is 12.8. The number of aromatic nitrogens is 1. The number of fused-ring (bicyclic) bond motifs is 1. The van der Waals surface area contributed by atoms with Crippen LogP contribution in [0.4, 0.5) is 0 Å². The summed E-state index contributed by atoms with van der Waals surface area (Å²) in [6.07, 6.45) is 1.98. The molecule has 2 aromatic heterocycles. The average Bonchev–Trinajstić information content (AvgIpc) is 2.94. The number of furan rings is 1. The summed E-state index contributed by atoms with van der Waals surface area (Å²) >= 11 is 0. The fourth-order valence-electron chi connectivity index (χ4n) is 2.02. The summed E-state index contributed by atoms with van der Waals surface area (Å²) in [5.74, 6) is 1.41. The molecule has 1 N–H and O–H groups in total. The molecule has 1 aromatic carbocycles. The SMILES string of the molecule is Cn1cccc1-c1cc2ccc(OCO)cc2o1. The van der Waals surface area contributed by atoms with Gasteiger partial charge in [0.25, 0.3) is 0 Å². The van der Waals surface area contributed by atoms with Gasteiger partial charge < -0.3 is 18.8 Å². The summed E-state index contributed by atoms with van der Waals surface area (Å²) in [4.78, 5) is 0. The van der Waals surface area contributed by atoms with Gasteiger partial charge in [-0.25, -0.2) is 0 Å². The van der Waals surface area contributed by atoms with E-state index < -0.39 is 0 Å². The van der Waals surface area contributed by atoms with E-state index in [-0.39, 0.29) is 6.79 Å². The Balaban J connectivity index is 2.08. The van der Waals surface area contributed by atoms with Gasteiger partial charge in [0.15, 0.2) is 12.6 Å². The molecule has 4 nitrogen and oxygen atoms in total. The topological polar surface area (TPSA) is 47.5 Å². The normalized spacial score (nSPS) is 11.0. The van der Waals surface area contributed by atoms with E-state index >= 15 is 0 Å². The number of aryl methyl sites for hydroxylation is 1. The molecule has 0 spiro atoms. The van der Waals surface area contributed by atoms with Gasteiger partial charge >= 0.3 is 0 Å². The molecule has 0 fully saturated rings. The second-order valence-electron chi connectivity index (χ2n) is 4.09. The van der Waals surface area contributed by atoms with E-state index in [1.54, 1.807) is 6.07 Å². The Morgan fingerprint density at radius 1 is 1.28 bits per heavy atom. The van der Waals surface area contributed by atoms with Gasteiger partial charge in [-0.1, -0.05) is 0 Å². The maximum atomic E-state index is 8.73. The Bertz CT molecular complexity index is 681. The summed E-state index contributed by atoms with van der Waals surface area (Å²) in [6.45, 7) is -0.336. The van der Waals surface area contributed by atoms with E-state index in [1.807, 2.05) is 48.1 Å². The first-order valence-corrected chi connectivity index (χ1v) is 5.67. The van der Waals surface area contributed by atoms with Crippen LogP contribution in [0.3, 0.4) is 0 Å². The molecule has 0 amide bonds. The predicted molar refractivity (Wildman–Crippen MR) is 68.3 cm³/mol. The van der Waals surface area contributed by atoms with Crippen molar-refractivity contribution in [1.82, 2.24) is 4.57 Å². The van der Waals surface area contributed by atoms with Crippen molar-refractivity contribution in [2.24, 2.45) is 7.05 Å². The Morgan fingerprint density at radius 3 is 2.89 bits per heavy atom. The molecular weight excluding hydrogens is 230 g/mol. The smallest absolute Gasteiger partial charge is 0.186 e. The fraction of sp³-hybridized carbons (Fsp3) is 0.143. The van der Waals surface area contributed by atoms with E-state index in [0.29, 0.717) is 5.75 Å². The number of hydrogen-bond acceptors (Lipinski definition) is 3. The minimum absolute atomic E-state index is 0.336. The molecule has 3 rings (SSSR count). The number of aliphatic hydroxyl groups is 1. The highest BCUT2D eigenvalue weighted by molar-refractivity contribution is 5.83. The highest BCUT2D eigenvalue weighted by atomic mass is 16.6. The zero-order valence-electron chi connectivity index (χ0n) is 9.96. The highest BCUT2D eigenvalue weighted by Crippen LogP contribution is 2.30. The quantitative estimate of drug-likeness (QED) is 0.719. The standard InChI is InChI=1S/C14H13NO3/c1-15-6-2-3-12(15)14-7-10-4-5-11(17-9-16)8-13(10)18-14/h2-8,16H,9H2,1H3. The number of rotatable bonds is 3. The Kier molecular flexibility index (Phi) is 2.57. The molecule has 0 unspecified atom stereocenters. The summed E-state index contributed by atoms with van der Waals surface area (Å²) in [5, 5.41) is 9.74. The second-order valence-corrected chi connectivity index (χ2v) is 4.09. The van der Waals surface area contributed by atoms with Crippen LogP contribution in [0.15, 0.2) is 47.0 Å². The van der Waals surface area contributed by atoms with E-state index in [1.165, 1.54) is 0 Å². The minimum atomic E-state index is -0.336. The molecule has 0 aliphatic heterocycles. The Morgan fingerprint density at radius 2 is 2.17 bits per heavy atom. The zero-order valence-corrected chi connectivity index (χ0v) is 9.96. The van der Waals surface area contributed by atoms with Crippen LogP contribution in [0.2, 0.25) is 0 Å². The van der Waals surface area contributed by atoms with E-state index in [2.05, 4.69) is 0 Å². The van der Waals surface area contributed by atoms with Crippen molar-refractivity contribution in [1.29, 1.82) is 0 Å². The third-order valence-corrected chi connectivity index (χ3v) is 2.92. The first-order chi connectivity index (χ1) is 8.78. The van der Waals surface area contributed by atoms with E-state index in [9.17, 15) is 0 Å². The van der Waals surface area contributed by atoms with Crippen molar-refractivity contribution in [2.45, 2.75) is 0 Å². The van der Waals surface area contributed by atoms with Gasteiger partial charge in [0.05, 0.1) is 5.69 Å². The van der Waals surface area contributed by atoms with Crippen LogP contribution in [0, 0.1) is 0 Å². The highest BCUT2D eigenvalue weighted by Gasteiger charge is 2.09. The number of ether oxygens (including phenoxy) is 1. The van der Waals surface area contributed by atoms with Crippen LogP contribution in [0.25, 0.3) is 22.4 Å². The number of aliphatic hydroxyl groups excluding tert-OH is 1. The zero-order chi connectivity index (χ0) is 12.5. The summed E-state index contributed by atoms with van der Waals surface area (Å²) in [7, 11) is 1.98. The van der Waals surface area contributed by atoms with Crippen LogP contribution in [0.5, 0.6) is 5.75 Å². The number of hydrogen-bond donors (Lipinski definition) is 1. The van der Waals surface area contributed by atoms with Gasteiger partial charge in [0, 0.05) is 24.7 Å². The molecule has 0 aliphatic carbocycles. The second kappa shape index (κ2) is 4.23. The molecule has 0 radical (unpaired) electrons. The number of benzene rings is 1. The fourth-order valence-corrected chi connectivity index (χ4v) is 2.02.